The van der Waals surface area contributed by atoms with Gasteiger partial charge < -0.3 is 14.4 Å². The van der Waals surface area contributed by atoms with E-state index in [1.165, 1.54) is 12.1 Å². The maximum Gasteiger partial charge on any atom is 0.126 e. The molecule has 0 radical (unpaired) electrons. The normalized spacial score (nSPS) is 10.9. The second-order valence-corrected chi connectivity index (χ2v) is 4.68. The molecule has 0 bridgehead atoms. The number of phenols is 1. The summed E-state index contributed by atoms with van der Waals surface area (Å²) in [6.07, 6.45) is 1.91. The zero-order chi connectivity index (χ0) is 14.1. The van der Waals surface area contributed by atoms with Crippen LogP contribution in [0.4, 0.5) is 4.39 Å². The predicted molar refractivity (Wildman–Crippen MR) is 75.3 cm³/mol. The molecular formula is C16H14FNO2. The van der Waals surface area contributed by atoms with Crippen LogP contribution in [0.5, 0.6) is 11.5 Å². The Morgan fingerprint density at radius 1 is 1.20 bits per heavy atom. The highest BCUT2D eigenvalue weighted by atomic mass is 19.1. The van der Waals surface area contributed by atoms with Crippen molar-refractivity contribution in [3.63, 3.8) is 0 Å². The van der Waals surface area contributed by atoms with Gasteiger partial charge in [-0.1, -0.05) is 12.1 Å². The minimum Gasteiger partial charge on any atom is -0.507 e. The zero-order valence-electron chi connectivity index (χ0n) is 11.0. The number of benzene rings is 2. The van der Waals surface area contributed by atoms with Crippen LogP contribution >= 0.6 is 0 Å². The smallest absolute Gasteiger partial charge is 0.126 e. The van der Waals surface area contributed by atoms with E-state index in [0.29, 0.717) is 5.75 Å². The summed E-state index contributed by atoms with van der Waals surface area (Å²) in [5.74, 6) is 0.363. The molecule has 0 unspecified atom stereocenters. The number of fused-ring (bicyclic) bond motifs is 1. The van der Waals surface area contributed by atoms with Crippen LogP contribution in [0, 0.1) is 5.82 Å². The van der Waals surface area contributed by atoms with Crippen molar-refractivity contribution in [3.8, 4) is 11.5 Å². The fourth-order valence-electron chi connectivity index (χ4n) is 2.35. The summed E-state index contributed by atoms with van der Waals surface area (Å²) in [6, 6.07) is 11.4. The van der Waals surface area contributed by atoms with Gasteiger partial charge in [-0.25, -0.2) is 4.39 Å². The lowest BCUT2D eigenvalue weighted by molar-refractivity contribution is 0.305. The van der Waals surface area contributed by atoms with Crippen LogP contribution in [0.3, 0.4) is 0 Å². The van der Waals surface area contributed by atoms with Crippen molar-refractivity contribution in [2.24, 2.45) is 7.05 Å². The van der Waals surface area contributed by atoms with Crippen LogP contribution in [-0.4, -0.2) is 9.67 Å². The summed E-state index contributed by atoms with van der Waals surface area (Å²) in [4.78, 5) is 0. The number of aryl methyl sites for hydroxylation is 1. The Morgan fingerprint density at radius 2 is 2.00 bits per heavy atom. The molecule has 20 heavy (non-hydrogen) atoms. The molecular weight excluding hydrogens is 257 g/mol. The molecule has 102 valence electrons. The first-order valence-electron chi connectivity index (χ1n) is 6.29. The van der Waals surface area contributed by atoms with Crippen LogP contribution < -0.4 is 4.74 Å². The van der Waals surface area contributed by atoms with E-state index in [2.05, 4.69) is 0 Å². The summed E-state index contributed by atoms with van der Waals surface area (Å²) in [7, 11) is 1.91. The minimum absolute atomic E-state index is 0.223. The molecule has 4 heteroatoms. The molecule has 1 aromatic heterocycles. The first-order chi connectivity index (χ1) is 9.65. The maximum absolute atomic E-state index is 13.1. The van der Waals surface area contributed by atoms with E-state index in [-0.39, 0.29) is 18.2 Å². The Morgan fingerprint density at radius 3 is 2.80 bits per heavy atom. The fraction of sp³-hybridized carbons (Fsp3) is 0.125. The number of aromatic nitrogens is 1. The van der Waals surface area contributed by atoms with Gasteiger partial charge in [0.05, 0.1) is 5.52 Å². The number of halogens is 1. The molecule has 0 amide bonds. The van der Waals surface area contributed by atoms with Crippen molar-refractivity contribution in [1.82, 2.24) is 4.57 Å². The molecule has 0 saturated heterocycles. The number of aromatic hydroxyl groups is 1. The van der Waals surface area contributed by atoms with E-state index in [1.807, 2.05) is 23.9 Å². The number of hydrogen-bond acceptors (Lipinski definition) is 2. The van der Waals surface area contributed by atoms with Gasteiger partial charge in [0.15, 0.2) is 0 Å². The van der Waals surface area contributed by atoms with Crippen molar-refractivity contribution in [1.29, 1.82) is 0 Å². The second-order valence-electron chi connectivity index (χ2n) is 4.68. The Labute approximate surface area is 115 Å². The van der Waals surface area contributed by atoms with Crippen molar-refractivity contribution < 1.29 is 14.2 Å². The van der Waals surface area contributed by atoms with E-state index in [4.69, 9.17) is 4.74 Å². The number of nitrogens with zero attached hydrogens (tertiary/aromatic N) is 1. The third kappa shape index (κ3) is 2.20. The molecule has 0 fully saturated rings. The minimum atomic E-state index is -0.330. The molecule has 0 atom stereocenters. The van der Waals surface area contributed by atoms with Gasteiger partial charge in [-0.2, -0.15) is 0 Å². The Kier molecular flexibility index (Phi) is 3.06. The van der Waals surface area contributed by atoms with E-state index in [0.717, 1.165) is 16.5 Å². The zero-order valence-corrected chi connectivity index (χ0v) is 11.0. The van der Waals surface area contributed by atoms with E-state index >= 15 is 0 Å². The molecule has 0 aliphatic heterocycles. The third-order valence-electron chi connectivity index (χ3n) is 3.26. The van der Waals surface area contributed by atoms with E-state index in [1.54, 1.807) is 24.3 Å². The van der Waals surface area contributed by atoms with Crippen LogP contribution in [0.1, 0.15) is 5.56 Å². The summed E-state index contributed by atoms with van der Waals surface area (Å²) in [5, 5.41) is 10.7. The van der Waals surface area contributed by atoms with Crippen molar-refractivity contribution in [2.45, 2.75) is 6.61 Å². The first-order valence-corrected chi connectivity index (χ1v) is 6.29. The number of rotatable bonds is 3. The molecule has 2 aromatic carbocycles. The Balaban J connectivity index is 1.92. The van der Waals surface area contributed by atoms with Gasteiger partial charge in [0.25, 0.3) is 0 Å². The molecule has 0 spiro atoms. The molecule has 3 nitrogen and oxygen atoms in total. The van der Waals surface area contributed by atoms with Crippen LogP contribution in [0.25, 0.3) is 10.9 Å². The van der Waals surface area contributed by atoms with Gasteiger partial charge in [0, 0.05) is 30.3 Å². The monoisotopic (exact) mass is 271 g/mol. The molecule has 3 rings (SSSR count). The van der Waals surface area contributed by atoms with Crippen LogP contribution in [-0.2, 0) is 13.7 Å². The van der Waals surface area contributed by atoms with Gasteiger partial charge in [-0.3, -0.25) is 0 Å². The highest BCUT2D eigenvalue weighted by Crippen LogP contribution is 2.30. The number of hydrogen-bond donors (Lipinski definition) is 1. The summed E-state index contributed by atoms with van der Waals surface area (Å²) < 4.78 is 20.6. The van der Waals surface area contributed by atoms with Crippen molar-refractivity contribution in [3.05, 3.63) is 60.0 Å². The Hall–Kier alpha value is -2.49. The number of phenolic OH excluding ortho intramolecular Hbond substituents is 1. The average Bonchev–Trinajstić information content (AvgIpc) is 2.75. The highest BCUT2D eigenvalue weighted by Gasteiger charge is 2.11. The predicted octanol–water partition coefficient (Wildman–Crippen LogP) is 3.60. The molecule has 0 saturated carbocycles. The third-order valence-corrected chi connectivity index (χ3v) is 3.26. The Bertz CT molecular complexity index is 764. The van der Waals surface area contributed by atoms with Crippen molar-refractivity contribution in [2.75, 3.05) is 0 Å². The average molecular weight is 271 g/mol. The van der Waals surface area contributed by atoms with Gasteiger partial charge in [0.1, 0.15) is 23.9 Å². The lowest BCUT2D eigenvalue weighted by Gasteiger charge is -2.05. The maximum atomic E-state index is 13.1. The second kappa shape index (κ2) is 4.89. The first kappa shape index (κ1) is 12.5. The van der Waals surface area contributed by atoms with E-state index < -0.39 is 0 Å². The number of ether oxygens (including phenoxy) is 1. The standard InChI is InChI=1S/C16H14FNO2/c1-18-9-11(16-14(18)6-3-7-15(16)19)10-20-13-5-2-4-12(17)8-13/h2-9,19H,10H2,1H3. The van der Waals surface area contributed by atoms with Crippen LogP contribution in [0.15, 0.2) is 48.7 Å². The lowest BCUT2D eigenvalue weighted by Crippen LogP contribution is -1.95. The largest absolute Gasteiger partial charge is 0.507 e. The molecule has 1 N–H and O–H groups in total. The van der Waals surface area contributed by atoms with E-state index in [9.17, 15) is 9.50 Å². The summed E-state index contributed by atoms with van der Waals surface area (Å²) in [6.45, 7) is 0.276. The lowest BCUT2D eigenvalue weighted by atomic mass is 10.1. The van der Waals surface area contributed by atoms with Gasteiger partial charge in [0.2, 0.25) is 0 Å². The SMILES string of the molecule is Cn1cc(COc2cccc(F)c2)c2c(O)cccc21. The van der Waals surface area contributed by atoms with Crippen molar-refractivity contribution >= 4 is 10.9 Å². The van der Waals surface area contributed by atoms with Gasteiger partial charge in [-0.15, -0.1) is 0 Å². The topological polar surface area (TPSA) is 34.4 Å². The molecule has 0 aliphatic rings. The van der Waals surface area contributed by atoms with Gasteiger partial charge in [-0.05, 0) is 24.3 Å². The fourth-order valence-corrected chi connectivity index (χ4v) is 2.35. The van der Waals surface area contributed by atoms with Crippen LogP contribution in [0.2, 0.25) is 0 Å². The quantitative estimate of drug-likeness (QED) is 0.789. The van der Waals surface area contributed by atoms with Gasteiger partial charge >= 0.3 is 0 Å². The highest BCUT2D eigenvalue weighted by molar-refractivity contribution is 5.89. The molecule has 1 heterocycles. The molecule has 3 aromatic rings. The molecule has 0 aliphatic carbocycles. The summed E-state index contributed by atoms with van der Waals surface area (Å²) >= 11 is 0. The summed E-state index contributed by atoms with van der Waals surface area (Å²) in [5.41, 5.74) is 1.80.